The highest BCUT2D eigenvalue weighted by Crippen LogP contribution is 2.28. The Morgan fingerprint density at radius 3 is 2.74 bits per heavy atom. The van der Waals surface area contributed by atoms with Crippen LogP contribution in [0.1, 0.15) is 18.1 Å². The van der Waals surface area contributed by atoms with E-state index in [4.69, 9.17) is 10.8 Å². The van der Waals surface area contributed by atoms with Crippen LogP contribution in [0.25, 0.3) is 10.9 Å². The highest BCUT2D eigenvalue weighted by atomic mass is 19.1. The first-order chi connectivity index (χ1) is 8.74. The summed E-state index contributed by atoms with van der Waals surface area (Å²) in [6.07, 6.45) is -0.0467. The minimum atomic E-state index is -1.49. The Morgan fingerprint density at radius 2 is 2.16 bits per heavy atom. The van der Waals surface area contributed by atoms with E-state index < -0.39 is 17.5 Å². The minimum Gasteiger partial charge on any atom is -0.480 e. The summed E-state index contributed by atoms with van der Waals surface area (Å²) in [5, 5.41) is 9.79. The number of carboxylic acids is 1. The van der Waals surface area contributed by atoms with Crippen molar-refractivity contribution in [1.29, 1.82) is 0 Å². The zero-order valence-electron chi connectivity index (χ0n) is 11.2. The zero-order chi connectivity index (χ0) is 14.4. The summed E-state index contributed by atoms with van der Waals surface area (Å²) < 4.78 is 15.7. The lowest BCUT2D eigenvalue weighted by molar-refractivity contribution is -0.142. The second-order valence-electron chi connectivity index (χ2n) is 5.25. The van der Waals surface area contributed by atoms with Gasteiger partial charge in [0, 0.05) is 24.4 Å². The number of carbonyl (C=O) groups is 1. The highest BCUT2D eigenvalue weighted by molar-refractivity contribution is 5.86. The number of benzene rings is 1. The standard InChI is InChI=1S/C14H17FN2O2/c1-8-4-5-11-9(6-8)10(12(15)17(11)3)7-14(2,16)13(18)19/h4-6H,7,16H2,1-3H3,(H,18,19). The van der Waals surface area contributed by atoms with Gasteiger partial charge in [0.05, 0.1) is 5.52 Å². The van der Waals surface area contributed by atoms with Crippen molar-refractivity contribution in [3.05, 3.63) is 35.3 Å². The SMILES string of the molecule is Cc1ccc2c(c1)c(CC(C)(N)C(=O)O)c(F)n2C. The maximum atomic E-state index is 14.3. The predicted octanol–water partition coefficient (Wildman–Crippen LogP) is 1.97. The molecular formula is C14H17FN2O2. The van der Waals surface area contributed by atoms with Crippen LogP contribution in [0.5, 0.6) is 0 Å². The number of hydrogen-bond donors (Lipinski definition) is 2. The Bertz CT molecular complexity index is 659. The molecule has 0 saturated heterocycles. The van der Waals surface area contributed by atoms with Crippen molar-refractivity contribution in [2.45, 2.75) is 25.8 Å². The van der Waals surface area contributed by atoms with E-state index in [0.717, 1.165) is 16.5 Å². The van der Waals surface area contributed by atoms with Crippen LogP contribution in [-0.2, 0) is 18.3 Å². The van der Waals surface area contributed by atoms with Crippen LogP contribution >= 0.6 is 0 Å². The molecule has 5 heteroatoms. The molecule has 1 aromatic heterocycles. The van der Waals surface area contributed by atoms with Crippen molar-refractivity contribution >= 4 is 16.9 Å². The molecular weight excluding hydrogens is 247 g/mol. The van der Waals surface area contributed by atoms with Crippen molar-refractivity contribution in [2.24, 2.45) is 12.8 Å². The topological polar surface area (TPSA) is 68.2 Å². The van der Waals surface area contributed by atoms with E-state index in [2.05, 4.69) is 0 Å². The highest BCUT2D eigenvalue weighted by Gasteiger charge is 2.31. The average Bonchev–Trinajstić information content (AvgIpc) is 2.54. The van der Waals surface area contributed by atoms with Gasteiger partial charge in [0.2, 0.25) is 0 Å². The number of rotatable bonds is 3. The number of aromatic nitrogens is 1. The molecule has 19 heavy (non-hydrogen) atoms. The fourth-order valence-electron chi connectivity index (χ4n) is 2.21. The van der Waals surface area contributed by atoms with Crippen LogP contribution in [0.3, 0.4) is 0 Å². The van der Waals surface area contributed by atoms with E-state index >= 15 is 0 Å². The van der Waals surface area contributed by atoms with Crippen molar-refractivity contribution < 1.29 is 14.3 Å². The third-order valence-corrected chi connectivity index (χ3v) is 3.41. The number of halogens is 1. The van der Waals surface area contributed by atoms with Crippen LogP contribution in [0.2, 0.25) is 0 Å². The summed E-state index contributed by atoms with van der Waals surface area (Å²) in [6.45, 7) is 3.30. The summed E-state index contributed by atoms with van der Waals surface area (Å²) in [4.78, 5) is 11.1. The number of aryl methyl sites for hydroxylation is 2. The maximum Gasteiger partial charge on any atom is 0.323 e. The van der Waals surface area contributed by atoms with Gasteiger partial charge in [-0.1, -0.05) is 11.6 Å². The molecule has 0 spiro atoms. The molecule has 1 aromatic carbocycles. The molecule has 0 aliphatic heterocycles. The molecule has 0 amide bonds. The first-order valence-electron chi connectivity index (χ1n) is 5.99. The Hall–Kier alpha value is -1.88. The molecule has 2 aromatic rings. The van der Waals surface area contributed by atoms with E-state index in [1.54, 1.807) is 7.05 Å². The van der Waals surface area contributed by atoms with Gasteiger partial charge < -0.3 is 15.4 Å². The molecule has 1 unspecified atom stereocenters. The van der Waals surface area contributed by atoms with Gasteiger partial charge in [-0.2, -0.15) is 4.39 Å². The van der Waals surface area contributed by atoms with Gasteiger partial charge >= 0.3 is 5.97 Å². The molecule has 3 N–H and O–H groups in total. The molecule has 0 bridgehead atoms. The summed E-state index contributed by atoms with van der Waals surface area (Å²) in [7, 11) is 1.62. The number of fused-ring (bicyclic) bond motifs is 1. The van der Waals surface area contributed by atoms with E-state index in [1.165, 1.54) is 11.5 Å². The monoisotopic (exact) mass is 264 g/mol. The van der Waals surface area contributed by atoms with Crippen LogP contribution in [-0.4, -0.2) is 21.2 Å². The fourth-order valence-corrected chi connectivity index (χ4v) is 2.21. The Balaban J connectivity index is 2.63. The molecule has 2 rings (SSSR count). The summed E-state index contributed by atoms with van der Waals surface area (Å²) in [6, 6.07) is 5.57. The van der Waals surface area contributed by atoms with E-state index in [1.807, 2.05) is 25.1 Å². The van der Waals surface area contributed by atoms with Gasteiger partial charge in [0.25, 0.3) is 0 Å². The van der Waals surface area contributed by atoms with Crippen LogP contribution in [0.4, 0.5) is 4.39 Å². The molecule has 0 radical (unpaired) electrons. The van der Waals surface area contributed by atoms with Gasteiger partial charge in [-0.15, -0.1) is 0 Å². The van der Waals surface area contributed by atoms with Crippen LogP contribution in [0.15, 0.2) is 18.2 Å². The molecule has 102 valence electrons. The Kier molecular flexibility index (Phi) is 3.10. The largest absolute Gasteiger partial charge is 0.480 e. The molecule has 1 atom stereocenters. The van der Waals surface area contributed by atoms with E-state index in [9.17, 15) is 9.18 Å². The Labute approximate surface area is 110 Å². The number of aliphatic carboxylic acids is 1. The zero-order valence-corrected chi connectivity index (χ0v) is 11.2. The number of hydrogen-bond acceptors (Lipinski definition) is 2. The van der Waals surface area contributed by atoms with E-state index in [0.29, 0.717) is 5.56 Å². The lowest BCUT2D eigenvalue weighted by atomic mass is 9.93. The molecule has 0 aliphatic carbocycles. The third kappa shape index (κ3) is 2.21. The lowest BCUT2D eigenvalue weighted by Crippen LogP contribution is -2.47. The molecule has 4 nitrogen and oxygen atoms in total. The first kappa shape index (κ1) is 13.5. The maximum absolute atomic E-state index is 14.3. The van der Waals surface area contributed by atoms with Gasteiger partial charge in [0.1, 0.15) is 5.54 Å². The second kappa shape index (κ2) is 4.35. The quantitative estimate of drug-likeness (QED) is 0.890. The van der Waals surface area contributed by atoms with E-state index in [-0.39, 0.29) is 6.42 Å². The van der Waals surface area contributed by atoms with Crippen LogP contribution in [0, 0.1) is 12.9 Å². The van der Waals surface area contributed by atoms with Crippen molar-refractivity contribution in [2.75, 3.05) is 0 Å². The normalized spacial score (nSPS) is 14.6. The summed E-state index contributed by atoms with van der Waals surface area (Å²) in [5.41, 5.74) is 6.32. The molecule has 0 fully saturated rings. The first-order valence-corrected chi connectivity index (χ1v) is 5.99. The predicted molar refractivity (Wildman–Crippen MR) is 71.5 cm³/mol. The lowest BCUT2D eigenvalue weighted by Gasteiger charge is -2.18. The molecule has 0 aliphatic rings. The van der Waals surface area contributed by atoms with Crippen molar-refractivity contribution in [1.82, 2.24) is 4.57 Å². The Morgan fingerprint density at radius 1 is 1.53 bits per heavy atom. The van der Waals surface area contributed by atoms with Gasteiger partial charge in [-0.05, 0) is 26.0 Å². The molecule has 0 saturated carbocycles. The second-order valence-corrected chi connectivity index (χ2v) is 5.25. The molecule has 1 heterocycles. The number of nitrogens with zero attached hydrogens (tertiary/aromatic N) is 1. The van der Waals surface area contributed by atoms with Crippen molar-refractivity contribution in [3.63, 3.8) is 0 Å². The average molecular weight is 264 g/mol. The smallest absolute Gasteiger partial charge is 0.323 e. The third-order valence-electron chi connectivity index (χ3n) is 3.41. The van der Waals surface area contributed by atoms with Gasteiger partial charge in [-0.3, -0.25) is 4.79 Å². The fraction of sp³-hybridized carbons (Fsp3) is 0.357. The van der Waals surface area contributed by atoms with Gasteiger partial charge in [-0.25, -0.2) is 0 Å². The summed E-state index contributed by atoms with van der Waals surface area (Å²) in [5.74, 6) is -1.57. The van der Waals surface area contributed by atoms with Crippen LogP contribution < -0.4 is 5.73 Å². The number of nitrogens with two attached hydrogens (primary N) is 1. The minimum absolute atomic E-state index is 0.0467. The van der Waals surface area contributed by atoms with Gasteiger partial charge in [0.15, 0.2) is 5.95 Å². The summed E-state index contributed by atoms with van der Waals surface area (Å²) >= 11 is 0. The van der Waals surface area contributed by atoms with Crippen molar-refractivity contribution in [3.8, 4) is 0 Å². The number of carboxylic acid groups (broad SMARTS) is 1.